The topological polar surface area (TPSA) is 76.1 Å². The number of Topliss-reactive ketones (excluding diaryl/α,β-unsaturated/α-hetero) is 1. The van der Waals surface area contributed by atoms with Gasteiger partial charge in [0.05, 0.1) is 12.5 Å². The molecule has 6 heteroatoms. The number of aliphatic hydroxyl groups excluding tert-OH is 1. The van der Waals surface area contributed by atoms with E-state index in [-0.39, 0.29) is 24.3 Å². The Morgan fingerprint density at radius 3 is 2.44 bits per heavy atom. The molecule has 1 atom stereocenters. The van der Waals surface area contributed by atoms with Gasteiger partial charge in [0.15, 0.2) is 5.78 Å². The number of piperidine rings is 1. The summed E-state index contributed by atoms with van der Waals surface area (Å²) >= 11 is 0. The van der Waals surface area contributed by atoms with Gasteiger partial charge in [-0.05, 0) is 64.0 Å². The third kappa shape index (κ3) is 6.14. The van der Waals surface area contributed by atoms with Crippen LogP contribution in [0.25, 0.3) is 0 Å². The molecule has 1 aromatic carbocycles. The minimum absolute atomic E-state index is 0.0119. The maximum absolute atomic E-state index is 11.7. The number of ketones is 1. The number of esters is 1. The molecule has 1 saturated heterocycles. The van der Waals surface area contributed by atoms with Gasteiger partial charge in [-0.3, -0.25) is 9.59 Å². The molecule has 25 heavy (non-hydrogen) atoms. The number of carbonyl (C=O) groups excluding carboxylic acids is 2. The van der Waals surface area contributed by atoms with Crippen LogP contribution in [0.1, 0.15) is 37.0 Å². The molecule has 0 spiro atoms. The average molecular weight is 349 g/mol. The van der Waals surface area contributed by atoms with Crippen molar-refractivity contribution in [1.29, 1.82) is 0 Å². The molecule has 0 bridgehead atoms. The SMILES string of the molecule is CCOC(=O)C1CCN(C[C@@H](O)COc2ccc(C(C)=O)cc2)CC1. The van der Waals surface area contributed by atoms with Crippen LogP contribution in [-0.2, 0) is 9.53 Å². The van der Waals surface area contributed by atoms with E-state index >= 15 is 0 Å². The van der Waals surface area contributed by atoms with Crippen LogP contribution in [0.2, 0.25) is 0 Å². The molecular weight excluding hydrogens is 322 g/mol. The van der Waals surface area contributed by atoms with Crippen LogP contribution in [0.3, 0.4) is 0 Å². The monoisotopic (exact) mass is 349 g/mol. The van der Waals surface area contributed by atoms with Crippen LogP contribution in [0, 0.1) is 5.92 Å². The summed E-state index contributed by atoms with van der Waals surface area (Å²) in [5, 5.41) is 10.2. The van der Waals surface area contributed by atoms with E-state index in [0.717, 1.165) is 25.9 Å². The molecule has 0 aliphatic carbocycles. The van der Waals surface area contributed by atoms with Gasteiger partial charge in [0, 0.05) is 12.1 Å². The predicted octanol–water partition coefficient (Wildman–Crippen LogP) is 1.90. The average Bonchev–Trinajstić information content (AvgIpc) is 2.61. The van der Waals surface area contributed by atoms with Crippen molar-refractivity contribution >= 4 is 11.8 Å². The van der Waals surface area contributed by atoms with E-state index < -0.39 is 6.10 Å². The van der Waals surface area contributed by atoms with Gasteiger partial charge in [0.1, 0.15) is 18.5 Å². The first-order chi connectivity index (χ1) is 12.0. The van der Waals surface area contributed by atoms with Crippen molar-refractivity contribution in [3.05, 3.63) is 29.8 Å². The molecule has 1 aromatic rings. The second-order valence-corrected chi connectivity index (χ2v) is 6.37. The Hall–Kier alpha value is -1.92. The van der Waals surface area contributed by atoms with E-state index in [0.29, 0.717) is 24.5 Å². The number of hydrogen-bond donors (Lipinski definition) is 1. The fraction of sp³-hybridized carbons (Fsp3) is 0.579. The number of aliphatic hydroxyl groups is 1. The van der Waals surface area contributed by atoms with Crippen molar-refractivity contribution in [3.8, 4) is 5.75 Å². The number of rotatable bonds is 8. The van der Waals surface area contributed by atoms with Gasteiger partial charge in [-0.15, -0.1) is 0 Å². The number of nitrogens with zero attached hydrogens (tertiary/aromatic N) is 1. The smallest absolute Gasteiger partial charge is 0.309 e. The van der Waals surface area contributed by atoms with Crippen LogP contribution in [0.5, 0.6) is 5.75 Å². The quantitative estimate of drug-likeness (QED) is 0.571. The Kier molecular flexibility index (Phi) is 7.40. The molecule has 1 fully saturated rings. The molecule has 0 radical (unpaired) electrons. The van der Waals surface area contributed by atoms with Gasteiger partial charge in [-0.1, -0.05) is 0 Å². The van der Waals surface area contributed by atoms with Crippen molar-refractivity contribution in [3.63, 3.8) is 0 Å². The molecule has 138 valence electrons. The van der Waals surface area contributed by atoms with Crippen molar-refractivity contribution in [1.82, 2.24) is 4.90 Å². The third-order valence-corrected chi connectivity index (χ3v) is 4.38. The predicted molar refractivity (Wildman–Crippen MR) is 93.7 cm³/mol. The number of carbonyl (C=O) groups is 2. The molecule has 2 rings (SSSR count). The van der Waals surface area contributed by atoms with Crippen LogP contribution in [0.15, 0.2) is 24.3 Å². The third-order valence-electron chi connectivity index (χ3n) is 4.38. The van der Waals surface area contributed by atoms with E-state index in [1.807, 2.05) is 6.92 Å². The van der Waals surface area contributed by atoms with Crippen LogP contribution < -0.4 is 4.74 Å². The zero-order chi connectivity index (χ0) is 18.2. The fourth-order valence-electron chi connectivity index (χ4n) is 2.94. The highest BCUT2D eigenvalue weighted by Gasteiger charge is 2.26. The first kappa shape index (κ1) is 19.4. The summed E-state index contributed by atoms with van der Waals surface area (Å²) < 4.78 is 10.6. The van der Waals surface area contributed by atoms with Gasteiger partial charge in [0.25, 0.3) is 0 Å². The summed E-state index contributed by atoms with van der Waals surface area (Å²) in [6, 6.07) is 6.89. The van der Waals surface area contributed by atoms with Crippen molar-refractivity contribution < 1.29 is 24.2 Å². The van der Waals surface area contributed by atoms with Crippen molar-refractivity contribution in [2.75, 3.05) is 32.8 Å². The van der Waals surface area contributed by atoms with Crippen molar-refractivity contribution in [2.24, 2.45) is 5.92 Å². The summed E-state index contributed by atoms with van der Waals surface area (Å²) in [4.78, 5) is 25.1. The molecule has 1 aliphatic heterocycles. The number of β-amino-alcohol motifs (C(OH)–C–C–N with tert-alkyl or cyclic N) is 1. The maximum Gasteiger partial charge on any atom is 0.309 e. The minimum Gasteiger partial charge on any atom is -0.491 e. The minimum atomic E-state index is -0.605. The lowest BCUT2D eigenvalue weighted by Crippen LogP contribution is -2.42. The summed E-state index contributed by atoms with van der Waals surface area (Å²) in [5.41, 5.74) is 0.636. The van der Waals surface area contributed by atoms with E-state index in [1.54, 1.807) is 24.3 Å². The highest BCUT2D eigenvalue weighted by atomic mass is 16.5. The Balaban J connectivity index is 1.69. The Labute approximate surface area is 148 Å². The standard InChI is InChI=1S/C19H27NO5/c1-3-24-19(23)16-8-10-20(11-9-16)12-17(22)13-25-18-6-4-15(5-7-18)14(2)21/h4-7,16-17,22H,3,8-13H2,1-2H3/t17-/m1/s1. The summed E-state index contributed by atoms with van der Waals surface area (Å²) in [5.74, 6) is 0.507. The van der Waals surface area contributed by atoms with Crippen molar-refractivity contribution in [2.45, 2.75) is 32.8 Å². The molecule has 1 N–H and O–H groups in total. The second kappa shape index (κ2) is 9.53. The van der Waals surface area contributed by atoms with Gasteiger partial charge >= 0.3 is 5.97 Å². The first-order valence-electron chi connectivity index (χ1n) is 8.80. The van der Waals surface area contributed by atoms with E-state index in [2.05, 4.69) is 4.90 Å². The fourth-order valence-corrected chi connectivity index (χ4v) is 2.94. The van der Waals surface area contributed by atoms with E-state index in [9.17, 15) is 14.7 Å². The first-order valence-corrected chi connectivity index (χ1v) is 8.80. The highest BCUT2D eigenvalue weighted by molar-refractivity contribution is 5.94. The molecule has 1 heterocycles. The molecule has 0 unspecified atom stereocenters. The normalized spacial score (nSPS) is 17.1. The number of benzene rings is 1. The molecule has 6 nitrogen and oxygen atoms in total. The largest absolute Gasteiger partial charge is 0.491 e. The molecule has 0 saturated carbocycles. The molecule has 0 aromatic heterocycles. The zero-order valence-corrected chi connectivity index (χ0v) is 14.9. The lowest BCUT2D eigenvalue weighted by molar-refractivity contribution is -0.149. The molecule has 1 aliphatic rings. The zero-order valence-electron chi connectivity index (χ0n) is 14.9. The molecule has 0 amide bonds. The summed E-state index contributed by atoms with van der Waals surface area (Å²) in [6.07, 6.45) is 0.921. The Morgan fingerprint density at radius 1 is 1.24 bits per heavy atom. The molecular formula is C19H27NO5. The van der Waals surface area contributed by atoms with Crippen LogP contribution in [0.4, 0.5) is 0 Å². The number of hydrogen-bond acceptors (Lipinski definition) is 6. The summed E-state index contributed by atoms with van der Waals surface area (Å²) in [7, 11) is 0. The van der Waals surface area contributed by atoms with Gasteiger partial charge < -0.3 is 19.5 Å². The second-order valence-electron chi connectivity index (χ2n) is 6.37. The van der Waals surface area contributed by atoms with Crippen LogP contribution >= 0.6 is 0 Å². The Morgan fingerprint density at radius 2 is 1.88 bits per heavy atom. The maximum atomic E-state index is 11.7. The lowest BCUT2D eigenvalue weighted by atomic mass is 9.97. The van der Waals surface area contributed by atoms with Gasteiger partial charge in [-0.25, -0.2) is 0 Å². The van der Waals surface area contributed by atoms with Gasteiger partial charge in [0.2, 0.25) is 0 Å². The van der Waals surface area contributed by atoms with E-state index in [4.69, 9.17) is 9.47 Å². The summed E-state index contributed by atoms with van der Waals surface area (Å²) in [6.45, 7) is 6.00. The van der Waals surface area contributed by atoms with E-state index in [1.165, 1.54) is 6.92 Å². The number of ether oxygens (including phenoxy) is 2. The highest BCUT2D eigenvalue weighted by Crippen LogP contribution is 2.19. The Bertz CT molecular complexity index is 564. The van der Waals surface area contributed by atoms with Crippen LogP contribution in [-0.4, -0.2) is 60.7 Å². The number of likely N-dealkylation sites (tertiary alicyclic amines) is 1. The van der Waals surface area contributed by atoms with Gasteiger partial charge in [-0.2, -0.15) is 0 Å². The lowest BCUT2D eigenvalue weighted by Gasteiger charge is -2.32.